The predicted molar refractivity (Wildman–Crippen MR) is 73.0 cm³/mol. The molecule has 1 aromatic heterocycles. The fourth-order valence-corrected chi connectivity index (χ4v) is 2.43. The number of nitrogens with zero attached hydrogens (tertiary/aromatic N) is 2. The van der Waals surface area contributed by atoms with Crippen LogP contribution in [0.1, 0.15) is 42.1 Å². The molecule has 0 unspecified atom stereocenters. The van der Waals surface area contributed by atoms with E-state index in [4.69, 9.17) is 21.9 Å². The molecule has 1 aliphatic carbocycles. The molecule has 2 aromatic rings. The molecule has 100 valence electrons. The second-order valence-electron chi connectivity index (χ2n) is 5.28. The first-order valence-corrected chi connectivity index (χ1v) is 6.82. The second-order valence-corrected chi connectivity index (χ2v) is 5.69. The Morgan fingerprint density at radius 2 is 2.21 bits per heavy atom. The molecule has 0 amide bonds. The van der Waals surface area contributed by atoms with E-state index in [9.17, 15) is 0 Å². The van der Waals surface area contributed by atoms with Gasteiger partial charge < -0.3 is 10.3 Å². The molecule has 1 aromatic carbocycles. The zero-order valence-corrected chi connectivity index (χ0v) is 11.6. The Morgan fingerprint density at radius 3 is 2.84 bits per heavy atom. The second kappa shape index (κ2) is 4.62. The van der Waals surface area contributed by atoms with Gasteiger partial charge in [0.2, 0.25) is 5.89 Å². The van der Waals surface area contributed by atoms with E-state index < -0.39 is 0 Å². The fourth-order valence-electron chi connectivity index (χ4n) is 2.23. The SMILES string of the molecule is Cc1ccc(Cc2nc(C3(N)CCC3)no2)cc1Cl. The highest BCUT2D eigenvalue weighted by molar-refractivity contribution is 6.31. The molecular formula is C14H16ClN3O. The maximum absolute atomic E-state index is 6.17. The fraction of sp³-hybridized carbons (Fsp3) is 0.429. The van der Waals surface area contributed by atoms with Crippen molar-refractivity contribution in [2.24, 2.45) is 5.73 Å². The summed E-state index contributed by atoms with van der Waals surface area (Å²) in [5.41, 5.74) is 7.92. The highest BCUT2D eigenvalue weighted by Gasteiger charge is 2.38. The van der Waals surface area contributed by atoms with Gasteiger partial charge in [0.25, 0.3) is 0 Å². The molecule has 1 saturated carbocycles. The molecule has 4 nitrogen and oxygen atoms in total. The predicted octanol–water partition coefficient (Wildman–Crippen LogP) is 2.96. The van der Waals surface area contributed by atoms with Crippen molar-refractivity contribution >= 4 is 11.6 Å². The standard InChI is InChI=1S/C14H16ClN3O/c1-9-3-4-10(7-11(9)15)8-12-17-13(18-19-12)14(16)5-2-6-14/h3-4,7H,2,5-6,8,16H2,1H3. The largest absolute Gasteiger partial charge is 0.339 e. The summed E-state index contributed by atoms with van der Waals surface area (Å²) in [7, 11) is 0. The minimum atomic E-state index is -0.368. The van der Waals surface area contributed by atoms with Crippen molar-refractivity contribution in [3.63, 3.8) is 0 Å². The smallest absolute Gasteiger partial charge is 0.231 e. The molecule has 0 saturated heterocycles. The summed E-state index contributed by atoms with van der Waals surface area (Å²) in [6, 6.07) is 5.94. The van der Waals surface area contributed by atoms with Crippen molar-refractivity contribution in [3.05, 3.63) is 46.1 Å². The van der Waals surface area contributed by atoms with Crippen molar-refractivity contribution in [3.8, 4) is 0 Å². The highest BCUT2D eigenvalue weighted by atomic mass is 35.5. The minimum absolute atomic E-state index is 0.368. The van der Waals surface area contributed by atoms with Gasteiger partial charge in [-0.2, -0.15) is 4.98 Å². The third-order valence-electron chi connectivity index (χ3n) is 3.75. The van der Waals surface area contributed by atoms with E-state index in [-0.39, 0.29) is 5.54 Å². The molecule has 5 heteroatoms. The summed E-state index contributed by atoms with van der Waals surface area (Å²) < 4.78 is 5.28. The van der Waals surface area contributed by atoms with Crippen LogP contribution >= 0.6 is 11.6 Å². The molecule has 0 aliphatic heterocycles. The van der Waals surface area contributed by atoms with Crippen LogP contribution in [-0.4, -0.2) is 10.1 Å². The molecule has 3 rings (SSSR count). The van der Waals surface area contributed by atoms with Crippen molar-refractivity contribution in [2.75, 3.05) is 0 Å². The van der Waals surface area contributed by atoms with Gasteiger partial charge in [0.1, 0.15) is 0 Å². The summed E-state index contributed by atoms with van der Waals surface area (Å²) >= 11 is 6.10. The monoisotopic (exact) mass is 277 g/mol. The van der Waals surface area contributed by atoms with E-state index >= 15 is 0 Å². The number of hydrogen-bond acceptors (Lipinski definition) is 4. The van der Waals surface area contributed by atoms with Crippen LogP contribution in [0, 0.1) is 6.92 Å². The Hall–Kier alpha value is -1.39. The first kappa shape index (κ1) is 12.6. The van der Waals surface area contributed by atoms with Gasteiger partial charge in [0, 0.05) is 5.02 Å². The maximum Gasteiger partial charge on any atom is 0.231 e. The van der Waals surface area contributed by atoms with Gasteiger partial charge in [0.15, 0.2) is 5.82 Å². The summed E-state index contributed by atoms with van der Waals surface area (Å²) in [5, 5.41) is 4.76. The molecule has 0 radical (unpaired) electrons. The van der Waals surface area contributed by atoms with Gasteiger partial charge in [-0.1, -0.05) is 28.9 Å². The Bertz CT molecular complexity index is 604. The van der Waals surface area contributed by atoms with E-state index in [1.807, 2.05) is 25.1 Å². The Labute approximate surface area is 117 Å². The first-order chi connectivity index (χ1) is 9.07. The Morgan fingerprint density at radius 1 is 1.42 bits per heavy atom. The van der Waals surface area contributed by atoms with Gasteiger partial charge >= 0.3 is 0 Å². The normalized spacial score (nSPS) is 17.2. The molecule has 19 heavy (non-hydrogen) atoms. The Balaban J connectivity index is 1.78. The summed E-state index contributed by atoms with van der Waals surface area (Å²) in [4.78, 5) is 4.41. The third-order valence-corrected chi connectivity index (χ3v) is 4.16. The van der Waals surface area contributed by atoms with Crippen LogP contribution in [0.25, 0.3) is 0 Å². The van der Waals surface area contributed by atoms with Crippen LogP contribution in [-0.2, 0) is 12.0 Å². The van der Waals surface area contributed by atoms with E-state index in [0.717, 1.165) is 35.4 Å². The van der Waals surface area contributed by atoms with Crippen molar-refractivity contribution < 1.29 is 4.52 Å². The number of rotatable bonds is 3. The molecule has 0 spiro atoms. The topological polar surface area (TPSA) is 64.9 Å². The van der Waals surface area contributed by atoms with Crippen molar-refractivity contribution in [1.82, 2.24) is 10.1 Å². The number of nitrogens with two attached hydrogens (primary N) is 1. The summed E-state index contributed by atoms with van der Waals surface area (Å²) in [5.74, 6) is 1.22. The molecule has 1 fully saturated rings. The van der Waals surface area contributed by atoms with Crippen LogP contribution in [0.5, 0.6) is 0 Å². The quantitative estimate of drug-likeness (QED) is 0.937. The van der Waals surface area contributed by atoms with Crippen molar-refractivity contribution in [2.45, 2.75) is 38.1 Å². The van der Waals surface area contributed by atoms with Gasteiger partial charge in [0.05, 0.1) is 12.0 Å². The first-order valence-electron chi connectivity index (χ1n) is 6.44. The van der Waals surface area contributed by atoms with Gasteiger partial charge in [-0.15, -0.1) is 0 Å². The molecular weight excluding hydrogens is 262 g/mol. The van der Waals surface area contributed by atoms with Gasteiger partial charge in [-0.3, -0.25) is 0 Å². The number of aryl methyl sites for hydroxylation is 1. The van der Waals surface area contributed by atoms with Crippen LogP contribution in [0.15, 0.2) is 22.7 Å². The summed E-state index contributed by atoms with van der Waals surface area (Å²) in [6.45, 7) is 1.98. The number of aromatic nitrogens is 2. The maximum atomic E-state index is 6.17. The van der Waals surface area contributed by atoms with E-state index in [1.54, 1.807) is 0 Å². The van der Waals surface area contributed by atoms with Gasteiger partial charge in [-0.05, 0) is 43.4 Å². The Kier molecular flexibility index (Phi) is 3.07. The van der Waals surface area contributed by atoms with Crippen LogP contribution in [0.4, 0.5) is 0 Å². The zero-order chi connectivity index (χ0) is 13.5. The molecule has 1 heterocycles. The van der Waals surface area contributed by atoms with Crippen LogP contribution < -0.4 is 5.73 Å². The lowest BCUT2D eigenvalue weighted by Crippen LogP contribution is -2.44. The third kappa shape index (κ3) is 2.38. The van der Waals surface area contributed by atoms with Crippen LogP contribution in [0.3, 0.4) is 0 Å². The lowest BCUT2D eigenvalue weighted by atomic mass is 9.77. The zero-order valence-electron chi connectivity index (χ0n) is 10.8. The average molecular weight is 278 g/mol. The molecule has 2 N–H and O–H groups in total. The van der Waals surface area contributed by atoms with E-state index in [0.29, 0.717) is 18.1 Å². The number of hydrogen-bond donors (Lipinski definition) is 1. The van der Waals surface area contributed by atoms with Gasteiger partial charge in [-0.25, -0.2) is 0 Å². The lowest BCUT2D eigenvalue weighted by molar-refractivity contribution is 0.229. The highest BCUT2D eigenvalue weighted by Crippen LogP contribution is 2.36. The minimum Gasteiger partial charge on any atom is -0.339 e. The molecule has 0 bridgehead atoms. The molecule has 1 aliphatic rings. The lowest BCUT2D eigenvalue weighted by Gasteiger charge is -2.34. The molecule has 0 atom stereocenters. The average Bonchev–Trinajstić information content (AvgIpc) is 2.80. The number of benzene rings is 1. The van der Waals surface area contributed by atoms with E-state index in [1.165, 1.54) is 0 Å². The van der Waals surface area contributed by atoms with Crippen LogP contribution in [0.2, 0.25) is 5.02 Å². The number of halogens is 1. The van der Waals surface area contributed by atoms with Crippen molar-refractivity contribution in [1.29, 1.82) is 0 Å². The van der Waals surface area contributed by atoms with E-state index in [2.05, 4.69) is 10.1 Å². The summed E-state index contributed by atoms with van der Waals surface area (Å²) in [6.07, 6.45) is 3.59.